The maximum absolute atomic E-state index is 11.4. The van der Waals surface area contributed by atoms with Gasteiger partial charge >= 0.3 is 0 Å². The minimum atomic E-state index is -0.658. The Morgan fingerprint density at radius 2 is 1.94 bits per heavy atom. The minimum absolute atomic E-state index is 0.100. The van der Waals surface area contributed by atoms with Gasteiger partial charge in [0, 0.05) is 29.2 Å². The van der Waals surface area contributed by atoms with Gasteiger partial charge in [-0.2, -0.15) is 0 Å². The molecule has 0 heterocycles. The van der Waals surface area contributed by atoms with Crippen molar-refractivity contribution in [2.75, 3.05) is 0 Å². The Bertz CT molecular complexity index is 444. The van der Waals surface area contributed by atoms with Gasteiger partial charge in [-0.15, -0.1) is 0 Å². The largest absolute Gasteiger partial charge is 0.300 e. The zero-order chi connectivity index (χ0) is 12.4. The third-order valence-corrected chi connectivity index (χ3v) is 3.45. The molecule has 1 aliphatic carbocycles. The van der Waals surface area contributed by atoms with E-state index in [9.17, 15) is 14.9 Å². The lowest BCUT2D eigenvalue weighted by Gasteiger charge is -2.24. The first-order valence-electron chi connectivity index (χ1n) is 5.48. The summed E-state index contributed by atoms with van der Waals surface area (Å²) < 4.78 is 0. The van der Waals surface area contributed by atoms with Crippen molar-refractivity contribution in [1.29, 1.82) is 0 Å². The lowest BCUT2D eigenvalue weighted by Crippen LogP contribution is -2.33. The molecule has 1 aromatic rings. The van der Waals surface area contributed by atoms with Crippen molar-refractivity contribution >= 4 is 17.4 Å². The Balaban J connectivity index is 2.28. The molecule has 0 amide bonds. The van der Waals surface area contributed by atoms with Crippen molar-refractivity contribution in [2.24, 2.45) is 0 Å². The standard InChI is InChI=1S/C12H12ClNO3/c13-9-3-1-8(2-4-9)11-7-10(15)5-6-12(11)14(16)17/h1-4,11-12H,5-7H2. The van der Waals surface area contributed by atoms with E-state index in [0.29, 0.717) is 17.9 Å². The van der Waals surface area contributed by atoms with Gasteiger partial charge in [-0.3, -0.25) is 14.9 Å². The summed E-state index contributed by atoms with van der Waals surface area (Å²) in [5.74, 6) is -0.216. The van der Waals surface area contributed by atoms with Crippen LogP contribution in [-0.4, -0.2) is 16.7 Å². The predicted molar refractivity (Wildman–Crippen MR) is 63.8 cm³/mol. The molecular weight excluding hydrogens is 242 g/mol. The molecular formula is C12H12ClNO3. The van der Waals surface area contributed by atoms with Crippen molar-refractivity contribution < 1.29 is 9.72 Å². The van der Waals surface area contributed by atoms with E-state index >= 15 is 0 Å². The Kier molecular flexibility index (Phi) is 3.43. The van der Waals surface area contributed by atoms with Gasteiger partial charge < -0.3 is 0 Å². The lowest BCUT2D eigenvalue weighted by molar-refractivity contribution is -0.528. The Labute approximate surface area is 104 Å². The second kappa shape index (κ2) is 4.84. The number of Topliss-reactive ketones (excluding diaryl/α,β-unsaturated/α-hetero) is 1. The quantitative estimate of drug-likeness (QED) is 0.601. The van der Waals surface area contributed by atoms with Crippen LogP contribution in [0.25, 0.3) is 0 Å². The summed E-state index contributed by atoms with van der Waals surface area (Å²) in [6.07, 6.45) is 0.905. The van der Waals surface area contributed by atoms with Crippen LogP contribution in [0.3, 0.4) is 0 Å². The van der Waals surface area contributed by atoms with Crippen molar-refractivity contribution in [2.45, 2.75) is 31.2 Å². The van der Waals surface area contributed by atoms with E-state index in [0.717, 1.165) is 5.56 Å². The summed E-state index contributed by atoms with van der Waals surface area (Å²) in [5.41, 5.74) is 0.823. The van der Waals surface area contributed by atoms with Gasteiger partial charge in [0.15, 0.2) is 0 Å². The molecule has 90 valence electrons. The monoisotopic (exact) mass is 253 g/mol. The molecule has 17 heavy (non-hydrogen) atoms. The van der Waals surface area contributed by atoms with Crippen LogP contribution in [0.4, 0.5) is 0 Å². The highest BCUT2D eigenvalue weighted by Crippen LogP contribution is 2.33. The van der Waals surface area contributed by atoms with E-state index in [2.05, 4.69) is 0 Å². The van der Waals surface area contributed by atoms with Gasteiger partial charge in [0.1, 0.15) is 5.78 Å². The maximum Gasteiger partial charge on any atom is 0.220 e. The van der Waals surface area contributed by atoms with Gasteiger partial charge in [-0.25, -0.2) is 0 Å². The fourth-order valence-electron chi connectivity index (χ4n) is 2.30. The molecule has 4 nitrogen and oxygen atoms in total. The number of hydrogen-bond acceptors (Lipinski definition) is 3. The van der Waals surface area contributed by atoms with Crippen LogP contribution in [-0.2, 0) is 4.79 Å². The molecule has 1 aromatic carbocycles. The summed E-state index contributed by atoms with van der Waals surface area (Å²) in [4.78, 5) is 22.1. The number of ketones is 1. The fraction of sp³-hybridized carbons (Fsp3) is 0.417. The third kappa shape index (κ3) is 2.64. The number of benzene rings is 1. The SMILES string of the molecule is O=C1CCC([N+](=O)[O-])C(c2ccc(Cl)cc2)C1. The van der Waals surface area contributed by atoms with Gasteiger partial charge in [-0.1, -0.05) is 23.7 Å². The average Bonchev–Trinajstić information content (AvgIpc) is 2.29. The fourth-order valence-corrected chi connectivity index (χ4v) is 2.42. The smallest absolute Gasteiger partial charge is 0.220 e. The zero-order valence-electron chi connectivity index (χ0n) is 9.14. The van der Waals surface area contributed by atoms with Crippen molar-refractivity contribution in [3.63, 3.8) is 0 Å². The first-order chi connectivity index (χ1) is 8.08. The van der Waals surface area contributed by atoms with Gasteiger partial charge in [0.05, 0.1) is 5.92 Å². The number of hydrogen-bond donors (Lipinski definition) is 0. The summed E-state index contributed by atoms with van der Waals surface area (Å²) in [5, 5.41) is 11.6. The molecule has 0 N–H and O–H groups in total. The molecule has 1 saturated carbocycles. The second-order valence-corrected chi connectivity index (χ2v) is 4.73. The molecule has 0 spiro atoms. The number of rotatable bonds is 2. The molecule has 2 unspecified atom stereocenters. The third-order valence-electron chi connectivity index (χ3n) is 3.20. The maximum atomic E-state index is 11.4. The normalized spacial score (nSPS) is 24.6. The number of nitrogens with zero attached hydrogens (tertiary/aromatic N) is 1. The molecule has 0 aromatic heterocycles. The van der Waals surface area contributed by atoms with Crippen molar-refractivity contribution in [3.05, 3.63) is 45.0 Å². The van der Waals surface area contributed by atoms with Crippen LogP contribution in [0.1, 0.15) is 30.7 Å². The Morgan fingerprint density at radius 3 is 2.53 bits per heavy atom. The van der Waals surface area contributed by atoms with Crippen LogP contribution in [0.15, 0.2) is 24.3 Å². The number of nitro groups is 1. The number of carbonyl (C=O) groups is 1. The average molecular weight is 254 g/mol. The van der Waals surface area contributed by atoms with Crippen LogP contribution in [0.2, 0.25) is 5.02 Å². The molecule has 0 aliphatic heterocycles. The minimum Gasteiger partial charge on any atom is -0.300 e. The van der Waals surface area contributed by atoms with E-state index < -0.39 is 6.04 Å². The summed E-state index contributed by atoms with van der Waals surface area (Å²) >= 11 is 5.78. The zero-order valence-corrected chi connectivity index (χ0v) is 9.89. The molecule has 0 radical (unpaired) electrons. The van der Waals surface area contributed by atoms with E-state index in [-0.39, 0.29) is 23.0 Å². The van der Waals surface area contributed by atoms with Crippen molar-refractivity contribution in [3.8, 4) is 0 Å². The van der Waals surface area contributed by atoms with Crippen LogP contribution in [0.5, 0.6) is 0 Å². The van der Waals surface area contributed by atoms with E-state index in [4.69, 9.17) is 11.6 Å². The van der Waals surface area contributed by atoms with Crippen molar-refractivity contribution in [1.82, 2.24) is 0 Å². The molecule has 1 fully saturated rings. The van der Waals surface area contributed by atoms with E-state index in [1.54, 1.807) is 24.3 Å². The Morgan fingerprint density at radius 1 is 1.29 bits per heavy atom. The highest BCUT2D eigenvalue weighted by molar-refractivity contribution is 6.30. The second-order valence-electron chi connectivity index (χ2n) is 4.29. The van der Waals surface area contributed by atoms with Crippen LogP contribution >= 0.6 is 11.6 Å². The molecule has 0 saturated heterocycles. The molecule has 1 aliphatic rings. The first-order valence-corrected chi connectivity index (χ1v) is 5.86. The summed E-state index contributed by atoms with van der Waals surface area (Å²) in [6.45, 7) is 0. The Hall–Kier alpha value is -1.42. The number of halogens is 1. The topological polar surface area (TPSA) is 60.2 Å². The van der Waals surface area contributed by atoms with E-state index in [1.165, 1.54) is 0 Å². The predicted octanol–water partition coefficient (Wildman–Crippen LogP) is 2.82. The van der Waals surface area contributed by atoms with Crippen LogP contribution in [0, 0.1) is 10.1 Å². The summed E-state index contributed by atoms with van der Waals surface area (Å²) in [7, 11) is 0. The highest BCUT2D eigenvalue weighted by atomic mass is 35.5. The number of carbonyl (C=O) groups excluding carboxylic acids is 1. The van der Waals surface area contributed by atoms with Crippen LogP contribution < -0.4 is 0 Å². The molecule has 5 heteroatoms. The highest BCUT2D eigenvalue weighted by Gasteiger charge is 2.38. The van der Waals surface area contributed by atoms with Gasteiger partial charge in [0.25, 0.3) is 0 Å². The molecule has 2 atom stereocenters. The van der Waals surface area contributed by atoms with Gasteiger partial charge in [0.2, 0.25) is 6.04 Å². The molecule has 0 bridgehead atoms. The lowest BCUT2D eigenvalue weighted by atomic mass is 9.80. The van der Waals surface area contributed by atoms with Gasteiger partial charge in [-0.05, 0) is 17.7 Å². The first kappa shape index (κ1) is 12.0. The summed E-state index contributed by atoms with van der Waals surface area (Å²) in [6, 6.07) is 6.28. The molecule has 2 rings (SSSR count). The van der Waals surface area contributed by atoms with E-state index in [1.807, 2.05) is 0 Å².